The molecule has 184 valence electrons. The maximum absolute atomic E-state index is 6.51. The van der Waals surface area contributed by atoms with E-state index in [9.17, 15) is 0 Å². The summed E-state index contributed by atoms with van der Waals surface area (Å²) in [7, 11) is 0. The van der Waals surface area contributed by atoms with Gasteiger partial charge in [0.2, 0.25) is 0 Å². The molecule has 2 saturated heterocycles. The summed E-state index contributed by atoms with van der Waals surface area (Å²) < 4.78 is 1.95. The van der Waals surface area contributed by atoms with Crippen molar-refractivity contribution in [3.05, 3.63) is 45.7 Å². The Hall–Kier alpha value is -1.60. The maximum Gasteiger partial charge on any atom is 0.179 e. The van der Waals surface area contributed by atoms with Crippen LogP contribution in [0.4, 0.5) is 5.82 Å². The number of fused-ring (bicyclic) bond motifs is 1. The van der Waals surface area contributed by atoms with Gasteiger partial charge in [-0.25, -0.2) is 14.6 Å². The third kappa shape index (κ3) is 4.62. The van der Waals surface area contributed by atoms with Crippen LogP contribution in [-0.2, 0) is 0 Å². The molecule has 6 nitrogen and oxygen atoms in total. The van der Waals surface area contributed by atoms with Crippen molar-refractivity contribution in [2.24, 2.45) is 5.92 Å². The zero-order valence-electron chi connectivity index (χ0n) is 20.2. The SMILES string of the molecule is Cc1nn([C@H](C)c2ccc(Cl)cc2Cl)c2nc(N3CC(C)C(N4CCCC4)C[C@@H]3C)cnc12.Cl. The molecule has 5 rings (SSSR count). The molecule has 4 heterocycles. The minimum atomic E-state index is -0.0900. The summed E-state index contributed by atoms with van der Waals surface area (Å²) in [5, 5.41) is 6.05. The molecule has 0 aliphatic carbocycles. The number of likely N-dealkylation sites (tertiary alicyclic amines) is 1. The van der Waals surface area contributed by atoms with Crippen LogP contribution in [0, 0.1) is 12.8 Å². The van der Waals surface area contributed by atoms with Crippen LogP contribution in [0.25, 0.3) is 11.2 Å². The van der Waals surface area contributed by atoms with E-state index in [1.165, 1.54) is 25.9 Å². The van der Waals surface area contributed by atoms with Crippen molar-refractivity contribution in [3.63, 3.8) is 0 Å². The number of piperidine rings is 1. The first-order valence-electron chi connectivity index (χ1n) is 12.0. The smallest absolute Gasteiger partial charge is 0.179 e. The third-order valence-corrected chi connectivity index (χ3v) is 8.06. The Morgan fingerprint density at radius 3 is 2.56 bits per heavy atom. The van der Waals surface area contributed by atoms with Crippen molar-refractivity contribution in [2.45, 2.75) is 65.1 Å². The van der Waals surface area contributed by atoms with Gasteiger partial charge >= 0.3 is 0 Å². The molecule has 0 spiro atoms. The fourth-order valence-electron chi connectivity index (χ4n) is 5.64. The van der Waals surface area contributed by atoms with Crippen LogP contribution >= 0.6 is 35.6 Å². The average Bonchev–Trinajstić information content (AvgIpc) is 3.43. The predicted molar refractivity (Wildman–Crippen MR) is 143 cm³/mol. The molecular formula is C25H33Cl3N6. The Kier molecular flexibility index (Phi) is 7.63. The van der Waals surface area contributed by atoms with Crippen LogP contribution in [0.3, 0.4) is 0 Å². The predicted octanol–water partition coefficient (Wildman–Crippen LogP) is 6.17. The number of aromatic nitrogens is 4. The molecule has 2 fully saturated rings. The minimum Gasteiger partial charge on any atom is -0.352 e. The second-order valence-electron chi connectivity index (χ2n) is 9.80. The Morgan fingerprint density at radius 2 is 1.85 bits per heavy atom. The monoisotopic (exact) mass is 522 g/mol. The first-order valence-corrected chi connectivity index (χ1v) is 12.8. The molecule has 2 unspecified atom stereocenters. The number of hydrogen-bond donors (Lipinski definition) is 0. The topological polar surface area (TPSA) is 50.1 Å². The van der Waals surface area contributed by atoms with Gasteiger partial charge in [0.15, 0.2) is 5.65 Å². The summed E-state index contributed by atoms with van der Waals surface area (Å²) in [5.41, 5.74) is 3.47. The van der Waals surface area contributed by atoms with E-state index in [-0.39, 0.29) is 18.4 Å². The highest BCUT2D eigenvalue weighted by atomic mass is 35.5. The normalized spacial score (nSPS) is 24.4. The van der Waals surface area contributed by atoms with E-state index in [0.717, 1.165) is 41.2 Å². The molecule has 0 N–H and O–H groups in total. The summed E-state index contributed by atoms with van der Waals surface area (Å²) in [6.45, 7) is 12.3. The maximum atomic E-state index is 6.51. The fourth-order valence-corrected chi connectivity index (χ4v) is 6.21. The lowest BCUT2D eigenvalue weighted by Gasteiger charge is -2.45. The van der Waals surface area contributed by atoms with Crippen molar-refractivity contribution in [3.8, 4) is 0 Å². The number of hydrogen-bond acceptors (Lipinski definition) is 5. The molecule has 0 bridgehead atoms. The Balaban J connectivity index is 0.00000274. The van der Waals surface area contributed by atoms with E-state index in [1.807, 2.05) is 29.9 Å². The lowest BCUT2D eigenvalue weighted by Crippen LogP contribution is -2.53. The average molecular weight is 524 g/mol. The van der Waals surface area contributed by atoms with Crippen molar-refractivity contribution < 1.29 is 0 Å². The number of rotatable bonds is 4. The van der Waals surface area contributed by atoms with E-state index in [0.29, 0.717) is 28.0 Å². The molecule has 9 heteroatoms. The second kappa shape index (κ2) is 10.2. The Bertz CT molecular complexity index is 1160. The minimum absolute atomic E-state index is 0. The van der Waals surface area contributed by atoms with Gasteiger partial charge in [-0.3, -0.25) is 4.90 Å². The van der Waals surface area contributed by atoms with Gasteiger partial charge < -0.3 is 4.90 Å². The molecule has 0 saturated carbocycles. The van der Waals surface area contributed by atoms with E-state index in [2.05, 4.69) is 30.6 Å². The number of benzene rings is 1. The summed E-state index contributed by atoms with van der Waals surface area (Å²) in [6.07, 6.45) is 5.75. The van der Waals surface area contributed by atoms with Gasteiger partial charge in [0.1, 0.15) is 11.3 Å². The van der Waals surface area contributed by atoms with Crippen molar-refractivity contribution in [2.75, 3.05) is 24.5 Å². The highest BCUT2D eigenvalue weighted by molar-refractivity contribution is 6.35. The molecule has 0 amide bonds. The molecular weight excluding hydrogens is 491 g/mol. The number of anilines is 1. The molecule has 2 aliphatic heterocycles. The number of nitrogens with zero attached hydrogens (tertiary/aromatic N) is 6. The standard InChI is InChI=1S/C25H32Cl2N6.ClH/c1-15-14-32(16(2)11-22(15)31-9-5-6-10-31)23-13-28-24-17(3)30-33(25(24)29-23)18(4)20-8-7-19(26)12-21(20)27;/h7-8,12-13,15-16,18,22H,5-6,9-11,14H2,1-4H3;1H/t15?,16-,18+,22?;/m0./s1. The number of aryl methyl sites for hydroxylation is 1. The van der Waals surface area contributed by atoms with Crippen LogP contribution in [0.5, 0.6) is 0 Å². The van der Waals surface area contributed by atoms with Gasteiger partial charge in [-0.1, -0.05) is 36.2 Å². The van der Waals surface area contributed by atoms with Gasteiger partial charge in [-0.15, -0.1) is 12.4 Å². The van der Waals surface area contributed by atoms with Gasteiger partial charge in [-0.05, 0) is 76.7 Å². The molecule has 0 radical (unpaired) electrons. The van der Waals surface area contributed by atoms with Crippen LogP contribution in [0.1, 0.15) is 57.3 Å². The third-order valence-electron chi connectivity index (χ3n) is 7.50. The quantitative estimate of drug-likeness (QED) is 0.409. The first-order chi connectivity index (χ1) is 15.8. The van der Waals surface area contributed by atoms with Crippen LogP contribution in [0.2, 0.25) is 10.0 Å². The molecule has 3 aromatic rings. The molecule has 1 aromatic carbocycles. The van der Waals surface area contributed by atoms with E-state index < -0.39 is 0 Å². The zero-order chi connectivity index (χ0) is 23.3. The summed E-state index contributed by atoms with van der Waals surface area (Å²) in [6, 6.07) is 6.59. The van der Waals surface area contributed by atoms with Crippen LogP contribution in [0.15, 0.2) is 24.4 Å². The van der Waals surface area contributed by atoms with E-state index in [1.54, 1.807) is 6.07 Å². The highest BCUT2D eigenvalue weighted by Crippen LogP contribution is 2.34. The van der Waals surface area contributed by atoms with Gasteiger partial charge in [0, 0.05) is 28.7 Å². The zero-order valence-corrected chi connectivity index (χ0v) is 22.5. The van der Waals surface area contributed by atoms with E-state index in [4.69, 9.17) is 38.3 Å². The van der Waals surface area contributed by atoms with Gasteiger partial charge in [0.05, 0.1) is 17.9 Å². The van der Waals surface area contributed by atoms with Crippen LogP contribution < -0.4 is 4.90 Å². The van der Waals surface area contributed by atoms with Crippen molar-refractivity contribution in [1.29, 1.82) is 0 Å². The molecule has 34 heavy (non-hydrogen) atoms. The highest BCUT2D eigenvalue weighted by Gasteiger charge is 2.36. The number of halogens is 3. The largest absolute Gasteiger partial charge is 0.352 e. The summed E-state index contributed by atoms with van der Waals surface area (Å²) in [5.74, 6) is 1.52. The molecule has 2 aromatic heterocycles. The van der Waals surface area contributed by atoms with Gasteiger partial charge in [-0.2, -0.15) is 5.10 Å². The lowest BCUT2D eigenvalue weighted by atomic mass is 9.88. The van der Waals surface area contributed by atoms with Crippen LogP contribution in [-0.4, -0.2) is 56.4 Å². The Labute approximate surface area is 218 Å². The van der Waals surface area contributed by atoms with Crippen molar-refractivity contribution >= 4 is 52.6 Å². The lowest BCUT2D eigenvalue weighted by molar-refractivity contribution is 0.143. The Morgan fingerprint density at radius 1 is 1.12 bits per heavy atom. The van der Waals surface area contributed by atoms with E-state index >= 15 is 0 Å². The fraction of sp³-hybridized carbons (Fsp3) is 0.560. The summed E-state index contributed by atoms with van der Waals surface area (Å²) in [4.78, 5) is 15.0. The first kappa shape index (κ1) is 25.5. The van der Waals surface area contributed by atoms with Gasteiger partial charge in [0.25, 0.3) is 0 Å². The molecule has 4 atom stereocenters. The van der Waals surface area contributed by atoms with Crippen molar-refractivity contribution in [1.82, 2.24) is 24.6 Å². The second-order valence-corrected chi connectivity index (χ2v) is 10.6. The molecule has 2 aliphatic rings. The summed E-state index contributed by atoms with van der Waals surface area (Å²) >= 11 is 12.6.